The van der Waals surface area contributed by atoms with Gasteiger partial charge in [-0.25, -0.2) is 4.98 Å². The number of alkyl halides is 3. The van der Waals surface area contributed by atoms with Gasteiger partial charge in [0.25, 0.3) is 0 Å². The summed E-state index contributed by atoms with van der Waals surface area (Å²) in [6.07, 6.45) is -4.31. The monoisotopic (exact) mass is 266 g/mol. The molecule has 4 nitrogen and oxygen atoms in total. The van der Waals surface area contributed by atoms with Crippen molar-refractivity contribution in [1.29, 1.82) is 0 Å². The highest BCUT2D eigenvalue weighted by molar-refractivity contribution is 6.28. The quantitative estimate of drug-likeness (QED) is 0.808. The molecule has 0 amide bonds. The summed E-state index contributed by atoms with van der Waals surface area (Å²) >= 11 is 5.59. The molecular formula is C9H10ClF3N4. The van der Waals surface area contributed by atoms with Gasteiger partial charge in [-0.15, -0.1) is 0 Å². The number of hydrogen-bond donors (Lipinski definition) is 2. The van der Waals surface area contributed by atoms with E-state index < -0.39 is 11.7 Å². The highest BCUT2D eigenvalue weighted by atomic mass is 35.5. The lowest BCUT2D eigenvalue weighted by atomic mass is 10.2. The zero-order valence-corrected chi connectivity index (χ0v) is 9.65. The Hall–Kier alpha value is -1.24. The highest BCUT2D eigenvalue weighted by Gasteiger charge is 2.63. The van der Waals surface area contributed by atoms with Crippen molar-refractivity contribution in [2.75, 3.05) is 11.1 Å². The van der Waals surface area contributed by atoms with Gasteiger partial charge in [-0.05, 0) is 31.4 Å². The van der Waals surface area contributed by atoms with Gasteiger partial charge in [0.1, 0.15) is 5.54 Å². The number of aryl methyl sites for hydroxylation is 1. The second-order valence-corrected chi connectivity index (χ2v) is 4.38. The van der Waals surface area contributed by atoms with Crippen LogP contribution in [0.4, 0.5) is 24.7 Å². The molecule has 94 valence electrons. The molecule has 0 bridgehead atoms. The third kappa shape index (κ3) is 2.11. The third-order valence-electron chi connectivity index (χ3n) is 2.76. The van der Waals surface area contributed by atoms with E-state index >= 15 is 0 Å². The topological polar surface area (TPSA) is 63.8 Å². The Labute approximate surface area is 100 Å². The molecule has 17 heavy (non-hydrogen) atoms. The maximum absolute atomic E-state index is 12.7. The fourth-order valence-electron chi connectivity index (χ4n) is 1.47. The molecule has 0 radical (unpaired) electrons. The Balaban J connectivity index is 2.32. The van der Waals surface area contributed by atoms with Crippen LogP contribution < -0.4 is 11.1 Å². The zero-order valence-electron chi connectivity index (χ0n) is 8.90. The van der Waals surface area contributed by atoms with E-state index in [1.165, 1.54) is 0 Å². The van der Waals surface area contributed by atoms with Crippen molar-refractivity contribution in [3.8, 4) is 0 Å². The predicted octanol–water partition coefficient (Wildman–Crippen LogP) is 2.53. The molecule has 1 saturated carbocycles. The van der Waals surface area contributed by atoms with Crippen molar-refractivity contribution < 1.29 is 13.2 Å². The van der Waals surface area contributed by atoms with E-state index in [1.807, 2.05) is 0 Å². The van der Waals surface area contributed by atoms with Crippen LogP contribution in [0.15, 0.2) is 0 Å². The lowest BCUT2D eigenvalue weighted by Crippen LogP contribution is -2.39. The summed E-state index contributed by atoms with van der Waals surface area (Å²) in [6.45, 7) is 1.56. The normalized spacial score (nSPS) is 17.9. The van der Waals surface area contributed by atoms with Gasteiger partial charge in [-0.2, -0.15) is 18.2 Å². The summed E-state index contributed by atoms with van der Waals surface area (Å²) in [4.78, 5) is 7.44. The number of hydrogen-bond acceptors (Lipinski definition) is 4. The Bertz CT molecular complexity index is 456. The minimum absolute atomic E-state index is 0.0105. The van der Waals surface area contributed by atoms with Crippen LogP contribution >= 0.6 is 11.6 Å². The van der Waals surface area contributed by atoms with Crippen LogP contribution in [0.25, 0.3) is 0 Å². The lowest BCUT2D eigenvalue weighted by Gasteiger charge is -2.22. The molecule has 0 atom stereocenters. The molecule has 0 unspecified atom stereocenters. The molecule has 8 heteroatoms. The molecule has 1 aromatic rings. The van der Waals surface area contributed by atoms with E-state index in [9.17, 15) is 13.2 Å². The Morgan fingerprint density at radius 2 is 1.94 bits per heavy atom. The number of rotatable bonds is 2. The molecule has 1 aliphatic carbocycles. The van der Waals surface area contributed by atoms with E-state index in [0.717, 1.165) is 0 Å². The summed E-state index contributed by atoms with van der Waals surface area (Å²) in [5.74, 6) is -0.0580. The van der Waals surface area contributed by atoms with E-state index in [-0.39, 0.29) is 29.6 Å². The zero-order chi connectivity index (χ0) is 12.8. The fourth-order valence-corrected chi connectivity index (χ4v) is 1.69. The van der Waals surface area contributed by atoms with Crippen molar-refractivity contribution in [3.63, 3.8) is 0 Å². The Kier molecular flexibility index (Phi) is 2.61. The first-order chi connectivity index (χ1) is 7.75. The fraction of sp³-hybridized carbons (Fsp3) is 0.556. The number of nitrogens with two attached hydrogens (primary N) is 1. The number of halogens is 4. The van der Waals surface area contributed by atoms with Gasteiger partial charge in [0.2, 0.25) is 5.28 Å². The van der Waals surface area contributed by atoms with Gasteiger partial charge in [0.15, 0.2) is 5.82 Å². The maximum Gasteiger partial charge on any atom is 0.411 e. The van der Waals surface area contributed by atoms with Crippen molar-refractivity contribution in [1.82, 2.24) is 9.97 Å². The van der Waals surface area contributed by atoms with E-state index in [2.05, 4.69) is 15.3 Å². The Morgan fingerprint density at radius 3 is 2.41 bits per heavy atom. The maximum atomic E-state index is 12.7. The molecule has 0 aliphatic heterocycles. The molecule has 0 aromatic carbocycles. The van der Waals surface area contributed by atoms with Crippen LogP contribution in [0, 0.1) is 6.92 Å². The van der Waals surface area contributed by atoms with Crippen LogP contribution in [0.1, 0.15) is 18.5 Å². The van der Waals surface area contributed by atoms with Crippen LogP contribution in [0.3, 0.4) is 0 Å². The smallest absolute Gasteiger partial charge is 0.394 e. The molecule has 1 aliphatic rings. The van der Waals surface area contributed by atoms with Crippen molar-refractivity contribution in [2.45, 2.75) is 31.5 Å². The highest BCUT2D eigenvalue weighted by Crippen LogP contribution is 2.51. The van der Waals surface area contributed by atoms with E-state index in [4.69, 9.17) is 17.3 Å². The van der Waals surface area contributed by atoms with Gasteiger partial charge in [-0.1, -0.05) is 0 Å². The van der Waals surface area contributed by atoms with E-state index in [0.29, 0.717) is 5.69 Å². The molecule has 0 saturated heterocycles. The van der Waals surface area contributed by atoms with E-state index in [1.54, 1.807) is 6.92 Å². The number of anilines is 2. The summed E-state index contributed by atoms with van der Waals surface area (Å²) in [7, 11) is 0. The predicted molar refractivity (Wildman–Crippen MR) is 57.8 cm³/mol. The SMILES string of the molecule is Cc1nc(Cl)nc(NC2(C(F)(F)F)CC2)c1N. The average molecular weight is 267 g/mol. The van der Waals surface area contributed by atoms with Gasteiger partial charge in [-0.3, -0.25) is 0 Å². The van der Waals surface area contributed by atoms with Crippen LogP contribution in [0.5, 0.6) is 0 Å². The van der Waals surface area contributed by atoms with Crippen LogP contribution in [0.2, 0.25) is 5.28 Å². The number of nitrogens with one attached hydrogen (secondary N) is 1. The summed E-state index contributed by atoms with van der Waals surface area (Å²) in [5, 5.41) is 2.21. The molecule has 1 fully saturated rings. The number of nitrogen functional groups attached to an aromatic ring is 1. The minimum Gasteiger partial charge on any atom is -0.394 e. The molecular weight excluding hydrogens is 257 g/mol. The first-order valence-electron chi connectivity index (χ1n) is 4.90. The number of aromatic nitrogens is 2. The van der Waals surface area contributed by atoms with Crippen LogP contribution in [-0.2, 0) is 0 Å². The lowest BCUT2D eigenvalue weighted by molar-refractivity contribution is -0.151. The minimum atomic E-state index is -4.33. The van der Waals surface area contributed by atoms with Crippen molar-refractivity contribution in [2.24, 2.45) is 0 Å². The Morgan fingerprint density at radius 1 is 1.35 bits per heavy atom. The molecule has 2 rings (SSSR count). The summed E-state index contributed by atoms with van der Waals surface area (Å²) in [5.41, 5.74) is 4.14. The molecule has 0 spiro atoms. The van der Waals surface area contributed by atoms with Gasteiger partial charge >= 0.3 is 6.18 Å². The molecule has 1 aromatic heterocycles. The average Bonchev–Trinajstić information content (AvgIpc) is 2.93. The standard InChI is InChI=1S/C9H10ClF3N4/c1-4-5(14)6(16-7(10)15-4)17-8(2-3-8)9(11,12)13/h2-3,14H2,1H3,(H,15,16,17). The first kappa shape index (κ1) is 12.2. The van der Waals surface area contributed by atoms with Crippen molar-refractivity contribution in [3.05, 3.63) is 11.0 Å². The molecule has 3 N–H and O–H groups in total. The van der Waals surface area contributed by atoms with Crippen LogP contribution in [-0.4, -0.2) is 21.7 Å². The second kappa shape index (κ2) is 3.63. The third-order valence-corrected chi connectivity index (χ3v) is 2.93. The largest absolute Gasteiger partial charge is 0.411 e. The summed E-state index contributed by atoms with van der Waals surface area (Å²) in [6, 6.07) is 0. The first-order valence-corrected chi connectivity index (χ1v) is 5.27. The second-order valence-electron chi connectivity index (χ2n) is 4.05. The van der Waals surface area contributed by atoms with Gasteiger partial charge in [0, 0.05) is 0 Å². The van der Waals surface area contributed by atoms with Gasteiger partial charge < -0.3 is 11.1 Å². The summed E-state index contributed by atoms with van der Waals surface area (Å²) < 4.78 is 38.2. The number of nitrogens with zero attached hydrogens (tertiary/aromatic N) is 2. The van der Waals surface area contributed by atoms with Crippen molar-refractivity contribution >= 4 is 23.1 Å². The van der Waals surface area contributed by atoms with Gasteiger partial charge in [0.05, 0.1) is 11.4 Å². The molecule has 1 heterocycles.